The molecular weight excluding hydrogens is 289 g/mol. The molecular formula is C13H13ClFNO4. The topological polar surface area (TPSA) is 75.6 Å². The van der Waals surface area contributed by atoms with Crippen LogP contribution in [0.15, 0.2) is 24.3 Å². The highest BCUT2D eigenvalue weighted by molar-refractivity contribution is 6.30. The van der Waals surface area contributed by atoms with Crippen molar-refractivity contribution in [1.82, 2.24) is 5.32 Å². The van der Waals surface area contributed by atoms with Crippen molar-refractivity contribution in [2.75, 3.05) is 13.7 Å². The van der Waals surface area contributed by atoms with Crippen LogP contribution >= 0.6 is 11.6 Å². The standard InChI is InChI=1S/C13H13ClFNO4/c1-20-13(19)11(7-17)16-12(18)5-3-8-2-4-10(15)9(14)6-8/h2-6,11,17H,7H2,1H3,(H,16,18)/b5-3+/t11-/m0/s1. The normalized spacial score (nSPS) is 12.2. The van der Waals surface area contributed by atoms with Crippen LogP contribution in [-0.4, -0.2) is 36.7 Å². The summed E-state index contributed by atoms with van der Waals surface area (Å²) in [5.41, 5.74) is 0.519. The molecule has 1 aromatic rings. The highest BCUT2D eigenvalue weighted by Crippen LogP contribution is 2.16. The maximum atomic E-state index is 12.9. The molecule has 0 aliphatic rings. The van der Waals surface area contributed by atoms with E-state index < -0.39 is 30.3 Å². The Morgan fingerprint density at radius 1 is 1.55 bits per heavy atom. The number of methoxy groups -OCH3 is 1. The molecule has 0 fully saturated rings. The molecule has 0 bridgehead atoms. The third kappa shape index (κ3) is 4.64. The van der Waals surface area contributed by atoms with Crippen molar-refractivity contribution in [1.29, 1.82) is 0 Å². The predicted molar refractivity (Wildman–Crippen MR) is 71.5 cm³/mol. The van der Waals surface area contributed by atoms with E-state index in [0.717, 1.165) is 13.2 Å². The molecule has 1 atom stereocenters. The van der Waals surface area contributed by atoms with Crippen molar-refractivity contribution in [3.8, 4) is 0 Å². The summed E-state index contributed by atoms with van der Waals surface area (Å²) in [4.78, 5) is 22.7. The lowest BCUT2D eigenvalue weighted by atomic mass is 10.2. The van der Waals surface area contributed by atoms with Crippen LogP contribution in [0.2, 0.25) is 5.02 Å². The number of amides is 1. The average molecular weight is 302 g/mol. The minimum absolute atomic E-state index is 0.0599. The molecule has 108 valence electrons. The number of benzene rings is 1. The fourth-order valence-electron chi connectivity index (χ4n) is 1.33. The maximum Gasteiger partial charge on any atom is 0.330 e. The summed E-state index contributed by atoms with van der Waals surface area (Å²) in [5, 5.41) is 11.1. The Kier molecular flexibility index (Phi) is 6.14. The smallest absolute Gasteiger partial charge is 0.330 e. The molecule has 1 aromatic carbocycles. The zero-order valence-corrected chi connectivity index (χ0v) is 11.4. The van der Waals surface area contributed by atoms with Gasteiger partial charge in [-0.25, -0.2) is 9.18 Å². The minimum atomic E-state index is -1.13. The zero-order chi connectivity index (χ0) is 15.1. The van der Waals surface area contributed by atoms with E-state index in [4.69, 9.17) is 16.7 Å². The third-order valence-electron chi connectivity index (χ3n) is 2.36. The number of nitrogens with one attached hydrogen (secondary N) is 1. The van der Waals surface area contributed by atoms with E-state index in [0.29, 0.717) is 5.56 Å². The third-order valence-corrected chi connectivity index (χ3v) is 2.65. The number of rotatable bonds is 5. The fraction of sp³-hybridized carbons (Fsp3) is 0.231. The van der Waals surface area contributed by atoms with Gasteiger partial charge in [-0.05, 0) is 23.8 Å². The number of ether oxygens (including phenoxy) is 1. The molecule has 20 heavy (non-hydrogen) atoms. The van der Waals surface area contributed by atoms with Gasteiger partial charge >= 0.3 is 5.97 Å². The van der Waals surface area contributed by atoms with E-state index in [-0.39, 0.29) is 5.02 Å². The number of esters is 1. The first-order chi connectivity index (χ1) is 9.47. The summed E-state index contributed by atoms with van der Waals surface area (Å²) in [5.74, 6) is -1.91. The first-order valence-corrected chi connectivity index (χ1v) is 5.98. The molecule has 0 aromatic heterocycles. The largest absolute Gasteiger partial charge is 0.467 e. The second-order valence-corrected chi connectivity index (χ2v) is 4.18. The van der Waals surface area contributed by atoms with Gasteiger partial charge < -0.3 is 15.2 Å². The number of aliphatic hydroxyl groups is 1. The van der Waals surface area contributed by atoms with Crippen LogP contribution in [0.3, 0.4) is 0 Å². The van der Waals surface area contributed by atoms with Crippen molar-refractivity contribution in [3.05, 3.63) is 40.7 Å². The molecule has 5 nitrogen and oxygen atoms in total. The van der Waals surface area contributed by atoms with E-state index in [2.05, 4.69) is 10.1 Å². The molecule has 7 heteroatoms. The monoisotopic (exact) mass is 301 g/mol. The molecule has 1 amide bonds. The number of hydrogen-bond acceptors (Lipinski definition) is 4. The highest BCUT2D eigenvalue weighted by Gasteiger charge is 2.18. The van der Waals surface area contributed by atoms with Crippen LogP contribution in [0.5, 0.6) is 0 Å². The van der Waals surface area contributed by atoms with Gasteiger partial charge in [0.05, 0.1) is 18.7 Å². The number of carbonyl (C=O) groups excluding carboxylic acids is 2. The van der Waals surface area contributed by atoms with Crippen molar-refractivity contribution in [2.45, 2.75) is 6.04 Å². The van der Waals surface area contributed by atoms with Gasteiger partial charge in [-0.15, -0.1) is 0 Å². The van der Waals surface area contributed by atoms with Crippen LogP contribution in [0.25, 0.3) is 6.08 Å². The molecule has 0 radical (unpaired) electrons. The van der Waals surface area contributed by atoms with Crippen LogP contribution in [0, 0.1) is 5.82 Å². The Labute approximate surface area is 120 Å². The van der Waals surface area contributed by atoms with Gasteiger partial charge in [0.25, 0.3) is 0 Å². The van der Waals surface area contributed by atoms with Crippen LogP contribution in [0.1, 0.15) is 5.56 Å². The molecule has 0 aliphatic carbocycles. The van der Waals surface area contributed by atoms with E-state index in [9.17, 15) is 14.0 Å². The Morgan fingerprint density at radius 3 is 2.80 bits per heavy atom. The minimum Gasteiger partial charge on any atom is -0.467 e. The van der Waals surface area contributed by atoms with Crippen molar-refractivity contribution >= 4 is 29.6 Å². The van der Waals surface area contributed by atoms with Gasteiger partial charge in [0, 0.05) is 6.08 Å². The van der Waals surface area contributed by atoms with Crippen molar-refractivity contribution in [2.24, 2.45) is 0 Å². The maximum absolute atomic E-state index is 12.9. The van der Waals surface area contributed by atoms with Crippen molar-refractivity contribution < 1.29 is 23.8 Å². The Balaban J connectivity index is 2.67. The predicted octanol–water partition coefficient (Wildman–Crippen LogP) is 1.14. The van der Waals surface area contributed by atoms with Crippen LogP contribution < -0.4 is 5.32 Å². The number of aliphatic hydroxyl groups excluding tert-OH is 1. The molecule has 0 saturated heterocycles. The second kappa shape index (κ2) is 7.62. The average Bonchev–Trinajstić information content (AvgIpc) is 2.45. The highest BCUT2D eigenvalue weighted by atomic mass is 35.5. The molecule has 0 heterocycles. The molecule has 0 aliphatic heterocycles. The Morgan fingerprint density at radius 2 is 2.25 bits per heavy atom. The summed E-state index contributed by atoms with van der Waals surface area (Å²) in [6, 6.07) is 2.83. The number of carbonyl (C=O) groups is 2. The Hall–Kier alpha value is -1.92. The lowest BCUT2D eigenvalue weighted by molar-refractivity contribution is -0.145. The van der Waals surface area contributed by atoms with Gasteiger partial charge in [-0.3, -0.25) is 4.79 Å². The second-order valence-electron chi connectivity index (χ2n) is 3.77. The summed E-state index contributed by atoms with van der Waals surface area (Å²) >= 11 is 5.59. The summed E-state index contributed by atoms with van der Waals surface area (Å²) in [6.07, 6.45) is 2.53. The van der Waals surface area contributed by atoms with E-state index in [1.165, 1.54) is 24.3 Å². The Bertz CT molecular complexity index is 533. The number of hydrogen-bond donors (Lipinski definition) is 2. The van der Waals surface area contributed by atoms with E-state index in [1.807, 2.05) is 0 Å². The molecule has 0 unspecified atom stereocenters. The quantitative estimate of drug-likeness (QED) is 0.632. The molecule has 2 N–H and O–H groups in total. The fourth-order valence-corrected chi connectivity index (χ4v) is 1.52. The van der Waals surface area contributed by atoms with Crippen LogP contribution in [-0.2, 0) is 14.3 Å². The van der Waals surface area contributed by atoms with Gasteiger partial charge in [-0.1, -0.05) is 17.7 Å². The van der Waals surface area contributed by atoms with Crippen molar-refractivity contribution in [3.63, 3.8) is 0 Å². The zero-order valence-electron chi connectivity index (χ0n) is 10.6. The SMILES string of the molecule is COC(=O)[C@H](CO)NC(=O)/C=C/c1ccc(F)c(Cl)c1. The van der Waals surface area contributed by atoms with Crippen LogP contribution in [0.4, 0.5) is 4.39 Å². The molecule has 1 rings (SSSR count). The molecule has 0 saturated carbocycles. The first kappa shape index (κ1) is 16.1. The van der Waals surface area contributed by atoms with Gasteiger partial charge in [-0.2, -0.15) is 0 Å². The van der Waals surface area contributed by atoms with Gasteiger partial charge in [0.2, 0.25) is 5.91 Å². The summed E-state index contributed by atoms with van der Waals surface area (Å²) in [6.45, 7) is -0.575. The summed E-state index contributed by atoms with van der Waals surface area (Å²) in [7, 11) is 1.15. The van der Waals surface area contributed by atoms with Gasteiger partial charge in [0.1, 0.15) is 5.82 Å². The first-order valence-electron chi connectivity index (χ1n) is 5.60. The van der Waals surface area contributed by atoms with E-state index in [1.54, 1.807) is 0 Å². The van der Waals surface area contributed by atoms with E-state index >= 15 is 0 Å². The lowest BCUT2D eigenvalue weighted by Crippen LogP contribution is -2.43. The van der Waals surface area contributed by atoms with Gasteiger partial charge in [0.15, 0.2) is 6.04 Å². The molecule has 0 spiro atoms. The summed E-state index contributed by atoms with van der Waals surface area (Å²) < 4.78 is 17.3. The lowest BCUT2D eigenvalue weighted by Gasteiger charge is -2.11. The number of halogens is 2.